The molecule has 0 radical (unpaired) electrons. The molecule has 2 unspecified atom stereocenters. The third kappa shape index (κ3) is 3.96. The van der Waals surface area contributed by atoms with Crippen LogP contribution in [-0.2, 0) is 9.53 Å². The number of anilines is 2. The van der Waals surface area contributed by atoms with Gasteiger partial charge in [-0.05, 0) is 31.5 Å². The lowest BCUT2D eigenvalue weighted by Gasteiger charge is -2.20. The van der Waals surface area contributed by atoms with Crippen molar-refractivity contribution in [3.8, 4) is 0 Å². The lowest BCUT2D eigenvalue weighted by Crippen LogP contribution is -2.26. The van der Waals surface area contributed by atoms with Crippen LogP contribution in [0.25, 0.3) is 0 Å². The van der Waals surface area contributed by atoms with Crippen molar-refractivity contribution in [2.45, 2.75) is 32.7 Å². The van der Waals surface area contributed by atoms with Crippen LogP contribution in [0.1, 0.15) is 26.7 Å². The maximum absolute atomic E-state index is 11.4. The van der Waals surface area contributed by atoms with Gasteiger partial charge in [-0.1, -0.05) is 13.0 Å². The minimum atomic E-state index is 0.0365. The van der Waals surface area contributed by atoms with E-state index in [-0.39, 0.29) is 5.91 Å². The van der Waals surface area contributed by atoms with E-state index in [0.717, 1.165) is 31.0 Å². The first-order valence-corrected chi connectivity index (χ1v) is 6.93. The van der Waals surface area contributed by atoms with Crippen molar-refractivity contribution >= 4 is 17.3 Å². The number of benzene rings is 1. The molecule has 0 aromatic heterocycles. The van der Waals surface area contributed by atoms with Crippen molar-refractivity contribution in [3.63, 3.8) is 0 Å². The van der Waals surface area contributed by atoms with Gasteiger partial charge < -0.3 is 15.4 Å². The van der Waals surface area contributed by atoms with Gasteiger partial charge in [-0.2, -0.15) is 0 Å². The minimum absolute atomic E-state index is 0.0365. The topological polar surface area (TPSA) is 50.4 Å². The third-order valence-corrected chi connectivity index (χ3v) is 3.53. The van der Waals surface area contributed by atoms with Crippen molar-refractivity contribution in [1.29, 1.82) is 0 Å². The molecule has 2 atom stereocenters. The zero-order valence-corrected chi connectivity index (χ0v) is 11.6. The maximum atomic E-state index is 11.4. The van der Waals surface area contributed by atoms with Crippen molar-refractivity contribution in [3.05, 3.63) is 24.3 Å². The summed E-state index contributed by atoms with van der Waals surface area (Å²) in [6.45, 7) is 5.72. The largest absolute Gasteiger partial charge is 0.382 e. The van der Waals surface area contributed by atoms with Gasteiger partial charge in [0, 0.05) is 36.4 Å². The molecule has 1 saturated heterocycles. The molecule has 104 valence electrons. The average Bonchev–Trinajstić information content (AvgIpc) is 2.93. The van der Waals surface area contributed by atoms with Gasteiger partial charge in [-0.15, -0.1) is 0 Å². The number of nitrogens with one attached hydrogen (secondary N) is 2. The summed E-state index contributed by atoms with van der Waals surface area (Å²) in [7, 11) is 0. The first-order valence-electron chi connectivity index (χ1n) is 6.93. The van der Waals surface area contributed by atoms with Crippen LogP contribution in [0.15, 0.2) is 24.3 Å². The van der Waals surface area contributed by atoms with Crippen LogP contribution >= 0.6 is 0 Å². The van der Waals surface area contributed by atoms with E-state index in [1.54, 1.807) is 0 Å². The molecule has 2 N–H and O–H groups in total. The molecule has 1 aromatic carbocycles. The Kier molecular flexibility index (Phi) is 4.80. The van der Waals surface area contributed by atoms with E-state index in [4.69, 9.17) is 4.74 Å². The quantitative estimate of drug-likeness (QED) is 0.858. The normalized spacial score (nSPS) is 20.0. The molecule has 1 aromatic rings. The first kappa shape index (κ1) is 13.9. The van der Waals surface area contributed by atoms with E-state index in [0.29, 0.717) is 18.4 Å². The molecule has 19 heavy (non-hydrogen) atoms. The Balaban J connectivity index is 1.96. The highest BCUT2D eigenvalue weighted by Gasteiger charge is 2.22. The molecule has 2 rings (SSSR count). The highest BCUT2D eigenvalue weighted by molar-refractivity contribution is 5.90. The monoisotopic (exact) mass is 262 g/mol. The summed E-state index contributed by atoms with van der Waals surface area (Å²) in [6.07, 6.45) is 1.61. The Morgan fingerprint density at radius 2 is 2.26 bits per heavy atom. The van der Waals surface area contributed by atoms with E-state index < -0.39 is 0 Å². The van der Waals surface area contributed by atoms with Crippen LogP contribution in [0.5, 0.6) is 0 Å². The highest BCUT2D eigenvalue weighted by atomic mass is 16.5. The molecule has 0 aliphatic carbocycles. The lowest BCUT2D eigenvalue weighted by molar-refractivity contribution is -0.115. The van der Waals surface area contributed by atoms with Crippen molar-refractivity contribution in [2.75, 3.05) is 23.8 Å². The van der Waals surface area contributed by atoms with Gasteiger partial charge >= 0.3 is 0 Å². The van der Waals surface area contributed by atoms with Crippen LogP contribution < -0.4 is 10.6 Å². The summed E-state index contributed by atoms with van der Waals surface area (Å²) in [5, 5.41) is 6.36. The second kappa shape index (κ2) is 6.57. The highest BCUT2D eigenvalue weighted by Crippen LogP contribution is 2.22. The second-order valence-electron chi connectivity index (χ2n) is 5.04. The molecule has 1 fully saturated rings. The maximum Gasteiger partial charge on any atom is 0.224 e. The smallest absolute Gasteiger partial charge is 0.224 e. The van der Waals surface area contributed by atoms with Gasteiger partial charge in [0.25, 0.3) is 0 Å². The second-order valence-corrected chi connectivity index (χ2v) is 5.04. The Bertz CT molecular complexity index is 428. The molecule has 1 heterocycles. The zero-order valence-electron chi connectivity index (χ0n) is 11.6. The van der Waals surface area contributed by atoms with Crippen LogP contribution in [0, 0.1) is 5.92 Å². The molecule has 0 bridgehead atoms. The molecular weight excluding hydrogens is 240 g/mol. The number of amides is 1. The Morgan fingerprint density at radius 3 is 2.95 bits per heavy atom. The Labute approximate surface area is 114 Å². The van der Waals surface area contributed by atoms with E-state index in [1.165, 1.54) is 0 Å². The van der Waals surface area contributed by atoms with Crippen LogP contribution in [0.3, 0.4) is 0 Å². The summed E-state index contributed by atoms with van der Waals surface area (Å²) in [5.41, 5.74) is 1.88. The van der Waals surface area contributed by atoms with Crippen molar-refractivity contribution in [1.82, 2.24) is 0 Å². The van der Waals surface area contributed by atoms with Crippen molar-refractivity contribution < 1.29 is 9.53 Å². The average molecular weight is 262 g/mol. The lowest BCUT2D eigenvalue weighted by atomic mass is 10.0. The molecule has 1 aliphatic heterocycles. The molecule has 4 nitrogen and oxygen atoms in total. The molecule has 0 saturated carbocycles. The molecule has 4 heteroatoms. The number of ether oxygens (including phenoxy) is 1. The van der Waals surface area contributed by atoms with Crippen LogP contribution in [0.2, 0.25) is 0 Å². The Hall–Kier alpha value is -1.55. The third-order valence-electron chi connectivity index (χ3n) is 3.53. The van der Waals surface area contributed by atoms with E-state index in [9.17, 15) is 4.79 Å². The predicted octanol–water partition coefficient (Wildman–Crippen LogP) is 2.87. The summed E-state index contributed by atoms with van der Waals surface area (Å²) in [5.74, 6) is 0.600. The molecular formula is C15H22N2O2. The van der Waals surface area contributed by atoms with Gasteiger partial charge in [0.05, 0.1) is 6.61 Å². The summed E-state index contributed by atoms with van der Waals surface area (Å²) < 4.78 is 5.41. The standard InChI is InChI=1S/C15H22N2O2/c1-3-15(18)17-14-6-4-5-13(9-14)16-11(2)12-7-8-19-10-12/h4-6,9,11-12,16H,3,7-8,10H2,1-2H3,(H,17,18). The molecule has 1 aliphatic rings. The SMILES string of the molecule is CCC(=O)Nc1cccc(NC(C)C2CCOC2)c1. The zero-order chi connectivity index (χ0) is 13.7. The first-order chi connectivity index (χ1) is 9.19. The Morgan fingerprint density at radius 1 is 1.47 bits per heavy atom. The molecule has 1 amide bonds. The number of rotatable bonds is 5. The fourth-order valence-electron chi connectivity index (χ4n) is 2.26. The number of carbonyl (C=O) groups excluding carboxylic acids is 1. The fourth-order valence-corrected chi connectivity index (χ4v) is 2.26. The summed E-state index contributed by atoms with van der Waals surface area (Å²) in [4.78, 5) is 11.4. The van der Waals surface area contributed by atoms with E-state index in [2.05, 4.69) is 17.6 Å². The van der Waals surface area contributed by atoms with Gasteiger partial charge in [0.2, 0.25) is 5.91 Å². The number of hydrogen-bond donors (Lipinski definition) is 2. The number of carbonyl (C=O) groups is 1. The van der Waals surface area contributed by atoms with Gasteiger partial charge in [-0.25, -0.2) is 0 Å². The van der Waals surface area contributed by atoms with E-state index in [1.807, 2.05) is 31.2 Å². The fraction of sp³-hybridized carbons (Fsp3) is 0.533. The van der Waals surface area contributed by atoms with E-state index >= 15 is 0 Å². The minimum Gasteiger partial charge on any atom is -0.382 e. The number of hydrogen-bond acceptors (Lipinski definition) is 3. The van der Waals surface area contributed by atoms with Gasteiger partial charge in [0.15, 0.2) is 0 Å². The van der Waals surface area contributed by atoms with Crippen LogP contribution in [0.4, 0.5) is 11.4 Å². The van der Waals surface area contributed by atoms with Gasteiger partial charge in [0.1, 0.15) is 0 Å². The van der Waals surface area contributed by atoms with Crippen molar-refractivity contribution in [2.24, 2.45) is 5.92 Å². The predicted molar refractivity (Wildman–Crippen MR) is 77.4 cm³/mol. The van der Waals surface area contributed by atoms with Gasteiger partial charge in [-0.3, -0.25) is 4.79 Å². The van der Waals surface area contributed by atoms with Crippen LogP contribution in [-0.4, -0.2) is 25.2 Å². The summed E-state index contributed by atoms with van der Waals surface area (Å²) in [6, 6.07) is 8.22. The summed E-state index contributed by atoms with van der Waals surface area (Å²) >= 11 is 0. The molecule has 0 spiro atoms.